The van der Waals surface area contributed by atoms with E-state index in [1.54, 1.807) is 13.0 Å². The van der Waals surface area contributed by atoms with Crippen molar-refractivity contribution in [2.45, 2.75) is 19.3 Å². The summed E-state index contributed by atoms with van der Waals surface area (Å²) in [4.78, 5) is 3.06. The lowest BCUT2D eigenvalue weighted by Gasteiger charge is -2.23. The first-order valence-electron chi connectivity index (χ1n) is 6.27. The maximum absolute atomic E-state index is 14.6. The van der Waals surface area contributed by atoms with Crippen LogP contribution in [0.15, 0.2) is 24.3 Å². The molecule has 1 aliphatic rings. The molecule has 1 aromatic carbocycles. The van der Waals surface area contributed by atoms with E-state index in [9.17, 15) is 8.78 Å². The predicted molar refractivity (Wildman–Crippen MR) is 67.9 cm³/mol. The smallest absolute Gasteiger partial charge is 0.279 e. The average Bonchev–Trinajstić information content (AvgIpc) is 2.94. The Bertz CT molecular complexity index is 568. The van der Waals surface area contributed by atoms with Crippen molar-refractivity contribution in [3.8, 4) is 0 Å². The summed E-state index contributed by atoms with van der Waals surface area (Å²) < 4.78 is 29.3. The fourth-order valence-corrected chi connectivity index (χ4v) is 2.87. The van der Waals surface area contributed by atoms with Gasteiger partial charge in [-0.15, -0.1) is 0 Å². The van der Waals surface area contributed by atoms with Gasteiger partial charge in [0.1, 0.15) is 0 Å². The number of hydrogen-bond donors (Lipinski definition) is 2. The largest absolute Gasteiger partial charge is 0.358 e. The Morgan fingerprint density at radius 1 is 1.28 bits per heavy atom. The Morgan fingerprint density at radius 2 is 2.06 bits per heavy atom. The van der Waals surface area contributed by atoms with Gasteiger partial charge in [0, 0.05) is 34.6 Å². The third-order valence-corrected chi connectivity index (χ3v) is 3.80. The number of rotatable bonds is 2. The number of benzene rings is 1. The highest BCUT2D eigenvalue weighted by atomic mass is 19.3. The first kappa shape index (κ1) is 11.7. The van der Waals surface area contributed by atoms with Gasteiger partial charge in [-0.2, -0.15) is 0 Å². The fraction of sp³-hybridized carbons (Fsp3) is 0.429. The molecule has 0 bridgehead atoms. The van der Waals surface area contributed by atoms with E-state index in [4.69, 9.17) is 0 Å². The minimum Gasteiger partial charge on any atom is -0.358 e. The van der Waals surface area contributed by atoms with E-state index in [-0.39, 0.29) is 5.56 Å². The number of alkyl halides is 2. The topological polar surface area (TPSA) is 27.8 Å². The second-order valence-corrected chi connectivity index (χ2v) is 4.98. The molecular formula is C14H16F2N2. The molecule has 1 saturated heterocycles. The molecule has 1 unspecified atom stereocenters. The Labute approximate surface area is 104 Å². The third kappa shape index (κ3) is 1.63. The molecule has 2 heterocycles. The van der Waals surface area contributed by atoms with Crippen LogP contribution in [0.5, 0.6) is 0 Å². The van der Waals surface area contributed by atoms with Gasteiger partial charge in [0.25, 0.3) is 5.92 Å². The van der Waals surface area contributed by atoms with Gasteiger partial charge < -0.3 is 10.3 Å². The summed E-state index contributed by atoms with van der Waals surface area (Å²) in [6.45, 7) is 2.80. The summed E-state index contributed by atoms with van der Waals surface area (Å²) in [5, 5.41) is 3.66. The van der Waals surface area contributed by atoms with Gasteiger partial charge in [0.2, 0.25) is 0 Å². The van der Waals surface area contributed by atoms with Gasteiger partial charge in [-0.3, -0.25) is 0 Å². The van der Waals surface area contributed by atoms with Crippen LogP contribution in [0.3, 0.4) is 0 Å². The number of hydrogen-bond acceptors (Lipinski definition) is 1. The second-order valence-electron chi connectivity index (χ2n) is 4.98. The Kier molecular flexibility index (Phi) is 2.63. The molecule has 0 amide bonds. The van der Waals surface area contributed by atoms with Crippen molar-refractivity contribution in [1.29, 1.82) is 0 Å². The number of H-pyrrole nitrogens is 1. The molecule has 0 aliphatic carbocycles. The molecule has 4 heteroatoms. The van der Waals surface area contributed by atoms with E-state index >= 15 is 0 Å². The number of halogens is 2. The molecule has 0 saturated carbocycles. The van der Waals surface area contributed by atoms with Crippen molar-refractivity contribution in [2.75, 3.05) is 13.1 Å². The van der Waals surface area contributed by atoms with Crippen LogP contribution in [0.25, 0.3) is 10.9 Å². The van der Waals surface area contributed by atoms with Gasteiger partial charge in [0.05, 0.1) is 0 Å². The van der Waals surface area contributed by atoms with Crippen LogP contribution in [0.2, 0.25) is 0 Å². The zero-order chi connectivity index (χ0) is 12.8. The lowest BCUT2D eigenvalue weighted by atomic mass is 9.92. The molecule has 0 radical (unpaired) electrons. The first-order valence-corrected chi connectivity index (χ1v) is 6.27. The van der Waals surface area contributed by atoms with Crippen molar-refractivity contribution >= 4 is 10.9 Å². The normalized spacial score (nSPS) is 20.7. The third-order valence-electron chi connectivity index (χ3n) is 3.80. The van der Waals surface area contributed by atoms with Gasteiger partial charge in [-0.1, -0.05) is 18.2 Å². The SMILES string of the molecule is Cc1[nH]c2ccccc2c1C(F)(F)C1CCNC1. The quantitative estimate of drug-likeness (QED) is 0.841. The van der Waals surface area contributed by atoms with Gasteiger partial charge in [-0.05, 0) is 26.0 Å². The summed E-state index contributed by atoms with van der Waals surface area (Å²) in [7, 11) is 0. The summed E-state index contributed by atoms with van der Waals surface area (Å²) in [6, 6.07) is 7.28. The zero-order valence-electron chi connectivity index (χ0n) is 10.3. The van der Waals surface area contributed by atoms with Crippen LogP contribution in [-0.2, 0) is 5.92 Å². The lowest BCUT2D eigenvalue weighted by molar-refractivity contribution is -0.0566. The van der Waals surface area contributed by atoms with E-state index < -0.39 is 11.8 Å². The van der Waals surface area contributed by atoms with Crippen molar-refractivity contribution in [1.82, 2.24) is 10.3 Å². The van der Waals surface area contributed by atoms with Crippen LogP contribution in [0, 0.1) is 12.8 Å². The molecule has 1 atom stereocenters. The van der Waals surface area contributed by atoms with Crippen LogP contribution in [-0.4, -0.2) is 18.1 Å². The standard InChI is InChI=1S/C14H16F2N2/c1-9-13(11-4-2-3-5-12(11)18-9)14(15,16)10-6-7-17-8-10/h2-5,10,17-18H,6-8H2,1H3. The molecule has 1 aliphatic heterocycles. The Hall–Kier alpha value is -1.42. The number of aromatic nitrogens is 1. The molecule has 2 N–H and O–H groups in total. The molecular weight excluding hydrogens is 234 g/mol. The monoisotopic (exact) mass is 250 g/mol. The minimum absolute atomic E-state index is 0.173. The van der Waals surface area contributed by atoms with Crippen molar-refractivity contribution in [2.24, 2.45) is 5.92 Å². The van der Waals surface area contributed by atoms with E-state index in [1.165, 1.54) is 0 Å². The molecule has 1 fully saturated rings. The summed E-state index contributed by atoms with van der Waals surface area (Å²) in [5.41, 5.74) is 1.54. The summed E-state index contributed by atoms with van der Waals surface area (Å²) in [5.74, 6) is -3.37. The average molecular weight is 250 g/mol. The number of para-hydroxylation sites is 1. The van der Waals surface area contributed by atoms with Gasteiger partial charge in [-0.25, -0.2) is 8.78 Å². The van der Waals surface area contributed by atoms with Crippen molar-refractivity contribution in [3.63, 3.8) is 0 Å². The van der Waals surface area contributed by atoms with Crippen LogP contribution in [0.1, 0.15) is 17.7 Å². The molecule has 18 heavy (non-hydrogen) atoms. The number of aryl methyl sites for hydroxylation is 1. The van der Waals surface area contributed by atoms with E-state index in [0.29, 0.717) is 30.6 Å². The minimum atomic E-state index is -2.77. The fourth-order valence-electron chi connectivity index (χ4n) is 2.87. The maximum Gasteiger partial charge on any atom is 0.279 e. The maximum atomic E-state index is 14.6. The molecule has 2 nitrogen and oxygen atoms in total. The highest BCUT2D eigenvalue weighted by Gasteiger charge is 2.45. The molecule has 3 rings (SSSR count). The van der Waals surface area contributed by atoms with Gasteiger partial charge >= 0.3 is 0 Å². The molecule has 96 valence electrons. The van der Waals surface area contributed by atoms with E-state index in [1.807, 2.05) is 18.2 Å². The summed E-state index contributed by atoms with van der Waals surface area (Å²) >= 11 is 0. The van der Waals surface area contributed by atoms with Crippen molar-refractivity contribution < 1.29 is 8.78 Å². The first-order chi connectivity index (χ1) is 8.60. The number of fused-ring (bicyclic) bond motifs is 1. The highest BCUT2D eigenvalue weighted by Crippen LogP contribution is 2.43. The summed E-state index contributed by atoms with van der Waals surface area (Å²) in [6.07, 6.45) is 0.534. The van der Waals surface area contributed by atoms with E-state index in [2.05, 4.69) is 10.3 Å². The zero-order valence-corrected chi connectivity index (χ0v) is 10.3. The Morgan fingerprint density at radius 3 is 2.78 bits per heavy atom. The molecule has 1 aromatic heterocycles. The lowest BCUT2D eigenvalue weighted by Crippen LogP contribution is -2.28. The van der Waals surface area contributed by atoms with Gasteiger partial charge in [0.15, 0.2) is 0 Å². The van der Waals surface area contributed by atoms with Crippen molar-refractivity contribution in [3.05, 3.63) is 35.5 Å². The second kappa shape index (κ2) is 4.05. The van der Waals surface area contributed by atoms with Crippen LogP contribution < -0.4 is 5.32 Å². The van der Waals surface area contributed by atoms with E-state index in [0.717, 1.165) is 5.52 Å². The van der Waals surface area contributed by atoms with Crippen LogP contribution in [0.4, 0.5) is 8.78 Å². The highest BCUT2D eigenvalue weighted by molar-refractivity contribution is 5.85. The van der Waals surface area contributed by atoms with Crippen LogP contribution >= 0.6 is 0 Å². The Balaban J connectivity index is 2.15. The number of aromatic amines is 1. The predicted octanol–water partition coefficient (Wildman–Crippen LogP) is 3.18. The number of nitrogens with one attached hydrogen (secondary N) is 2. The molecule has 0 spiro atoms. The molecule has 2 aromatic rings.